The number of imidazole rings is 1. The van der Waals surface area contributed by atoms with Crippen molar-refractivity contribution in [3.8, 4) is 0 Å². The first-order chi connectivity index (χ1) is 9.69. The molecule has 0 saturated heterocycles. The maximum atomic E-state index is 13.3. The van der Waals surface area contributed by atoms with Gasteiger partial charge < -0.3 is 4.57 Å². The van der Waals surface area contributed by atoms with Crippen LogP contribution < -0.4 is 0 Å². The van der Waals surface area contributed by atoms with Gasteiger partial charge in [-0.3, -0.25) is 0 Å². The summed E-state index contributed by atoms with van der Waals surface area (Å²) in [5.41, 5.74) is 4.10. The molecule has 1 aromatic heterocycles. The molecule has 0 spiro atoms. The van der Waals surface area contributed by atoms with Crippen LogP contribution in [0.15, 0.2) is 42.5 Å². The quantitative estimate of drug-likeness (QED) is 0.721. The summed E-state index contributed by atoms with van der Waals surface area (Å²) in [5.74, 6) is 1.13. The van der Waals surface area contributed by atoms with Gasteiger partial charge in [0.25, 0.3) is 0 Å². The molecule has 0 N–H and O–H groups in total. The molecule has 0 atom stereocenters. The number of halogens is 1. The van der Waals surface area contributed by atoms with Gasteiger partial charge in [-0.15, -0.1) is 0 Å². The second-order valence-corrected chi connectivity index (χ2v) is 5.15. The van der Waals surface area contributed by atoms with Gasteiger partial charge in [-0.25, -0.2) is 9.37 Å². The number of nitrogens with zero attached hydrogens (tertiary/aromatic N) is 2. The minimum absolute atomic E-state index is 0.260. The van der Waals surface area contributed by atoms with Gasteiger partial charge in [0.1, 0.15) is 11.6 Å². The van der Waals surface area contributed by atoms with Crippen LogP contribution in [0.4, 0.5) is 4.39 Å². The van der Waals surface area contributed by atoms with Crippen LogP contribution >= 0.6 is 12.6 Å². The maximum absolute atomic E-state index is 13.3. The summed E-state index contributed by atoms with van der Waals surface area (Å²) in [4.78, 5) is 4.46. The Balaban J connectivity index is 2.12. The Morgan fingerprint density at radius 2 is 2.00 bits per heavy atom. The van der Waals surface area contributed by atoms with Gasteiger partial charge in [0.15, 0.2) is 0 Å². The van der Waals surface area contributed by atoms with Gasteiger partial charge in [-0.1, -0.05) is 24.3 Å². The van der Waals surface area contributed by atoms with E-state index in [0.29, 0.717) is 11.3 Å². The monoisotopic (exact) mass is 286 g/mol. The second kappa shape index (κ2) is 5.29. The van der Waals surface area contributed by atoms with Crippen molar-refractivity contribution in [3.05, 3.63) is 65.2 Å². The lowest BCUT2D eigenvalue weighted by atomic mass is 10.1. The first-order valence-electron chi connectivity index (χ1n) is 6.49. The van der Waals surface area contributed by atoms with Crippen molar-refractivity contribution in [3.63, 3.8) is 0 Å². The van der Waals surface area contributed by atoms with Crippen LogP contribution in [0.1, 0.15) is 17.0 Å². The van der Waals surface area contributed by atoms with Gasteiger partial charge in [0, 0.05) is 18.4 Å². The van der Waals surface area contributed by atoms with E-state index in [9.17, 15) is 4.39 Å². The molecule has 2 aromatic carbocycles. The molecule has 4 heteroatoms. The van der Waals surface area contributed by atoms with Crippen molar-refractivity contribution >= 4 is 23.7 Å². The predicted octanol–water partition coefficient (Wildman–Crippen LogP) is 3.96. The van der Waals surface area contributed by atoms with Crippen molar-refractivity contribution in [2.45, 2.75) is 19.2 Å². The lowest BCUT2D eigenvalue weighted by Gasteiger charge is -2.10. The highest BCUT2D eigenvalue weighted by atomic mass is 32.1. The number of aryl methyl sites for hydroxylation is 1. The van der Waals surface area contributed by atoms with Crippen LogP contribution in [0.2, 0.25) is 0 Å². The highest BCUT2D eigenvalue weighted by Crippen LogP contribution is 2.21. The molecule has 0 amide bonds. The average molecular weight is 286 g/mol. The van der Waals surface area contributed by atoms with Crippen LogP contribution in [-0.4, -0.2) is 9.55 Å². The molecule has 0 aliphatic rings. The number of benzene rings is 2. The molecule has 0 aliphatic heterocycles. The Morgan fingerprint density at radius 1 is 1.20 bits per heavy atom. The van der Waals surface area contributed by atoms with Crippen LogP contribution in [0.3, 0.4) is 0 Å². The molecular weight excluding hydrogens is 271 g/mol. The highest BCUT2D eigenvalue weighted by Gasteiger charge is 2.11. The molecule has 0 saturated carbocycles. The SMILES string of the molecule is Cc1ccccc1Cn1c(CS)nc2cc(F)ccc21. The lowest BCUT2D eigenvalue weighted by Crippen LogP contribution is -2.05. The van der Waals surface area contributed by atoms with Crippen LogP contribution in [0.5, 0.6) is 0 Å². The molecular formula is C16H15FN2S. The Kier molecular flexibility index (Phi) is 3.49. The molecule has 0 radical (unpaired) electrons. The minimum atomic E-state index is -0.260. The van der Waals surface area contributed by atoms with Gasteiger partial charge in [-0.2, -0.15) is 12.6 Å². The van der Waals surface area contributed by atoms with E-state index in [0.717, 1.165) is 17.9 Å². The minimum Gasteiger partial charge on any atom is -0.323 e. The zero-order valence-electron chi connectivity index (χ0n) is 11.2. The van der Waals surface area contributed by atoms with Crippen LogP contribution in [0.25, 0.3) is 11.0 Å². The zero-order chi connectivity index (χ0) is 14.1. The van der Waals surface area contributed by atoms with Gasteiger partial charge in [-0.05, 0) is 30.2 Å². The van der Waals surface area contributed by atoms with Crippen molar-refractivity contribution in [1.82, 2.24) is 9.55 Å². The predicted molar refractivity (Wildman–Crippen MR) is 82.7 cm³/mol. The van der Waals surface area contributed by atoms with Crippen molar-refractivity contribution < 1.29 is 4.39 Å². The molecule has 0 fully saturated rings. The topological polar surface area (TPSA) is 17.8 Å². The maximum Gasteiger partial charge on any atom is 0.125 e. The summed E-state index contributed by atoms with van der Waals surface area (Å²) in [6, 6.07) is 13.0. The normalized spacial score (nSPS) is 11.2. The number of aromatic nitrogens is 2. The summed E-state index contributed by atoms with van der Waals surface area (Å²) in [6.45, 7) is 2.82. The number of thiol groups is 1. The first-order valence-corrected chi connectivity index (χ1v) is 7.12. The smallest absolute Gasteiger partial charge is 0.125 e. The molecule has 3 aromatic rings. The number of rotatable bonds is 3. The van der Waals surface area contributed by atoms with E-state index in [1.807, 2.05) is 12.1 Å². The first kappa shape index (κ1) is 13.2. The molecule has 0 aliphatic carbocycles. The fraction of sp³-hybridized carbons (Fsp3) is 0.188. The van der Waals surface area contributed by atoms with E-state index in [1.165, 1.54) is 23.3 Å². The van der Waals surface area contributed by atoms with Gasteiger partial charge in [0.05, 0.1) is 11.0 Å². The Labute approximate surface area is 122 Å². The van der Waals surface area contributed by atoms with E-state index in [2.05, 4.69) is 41.2 Å². The third-order valence-corrected chi connectivity index (χ3v) is 3.80. The summed E-state index contributed by atoms with van der Waals surface area (Å²) in [6.07, 6.45) is 0. The highest BCUT2D eigenvalue weighted by molar-refractivity contribution is 7.79. The van der Waals surface area contributed by atoms with E-state index >= 15 is 0 Å². The molecule has 1 heterocycles. The summed E-state index contributed by atoms with van der Waals surface area (Å²) in [5, 5.41) is 0. The van der Waals surface area contributed by atoms with Crippen molar-refractivity contribution in [2.24, 2.45) is 0 Å². The van der Waals surface area contributed by atoms with E-state index in [1.54, 1.807) is 6.07 Å². The van der Waals surface area contributed by atoms with Crippen LogP contribution in [0, 0.1) is 12.7 Å². The molecule has 20 heavy (non-hydrogen) atoms. The van der Waals surface area contributed by atoms with Gasteiger partial charge >= 0.3 is 0 Å². The Hall–Kier alpha value is -1.81. The number of hydrogen-bond donors (Lipinski definition) is 1. The van der Waals surface area contributed by atoms with E-state index in [-0.39, 0.29) is 5.82 Å². The molecule has 102 valence electrons. The molecule has 0 unspecified atom stereocenters. The fourth-order valence-electron chi connectivity index (χ4n) is 2.41. The molecule has 3 rings (SSSR count). The molecule has 2 nitrogen and oxygen atoms in total. The largest absolute Gasteiger partial charge is 0.323 e. The average Bonchev–Trinajstić information content (AvgIpc) is 2.78. The van der Waals surface area contributed by atoms with Crippen LogP contribution in [-0.2, 0) is 12.3 Å². The summed E-state index contributed by atoms with van der Waals surface area (Å²) < 4.78 is 15.4. The third-order valence-electron chi connectivity index (χ3n) is 3.52. The zero-order valence-corrected chi connectivity index (χ0v) is 12.1. The van der Waals surface area contributed by atoms with Crippen molar-refractivity contribution in [1.29, 1.82) is 0 Å². The number of hydrogen-bond acceptors (Lipinski definition) is 2. The van der Waals surface area contributed by atoms with E-state index in [4.69, 9.17) is 0 Å². The summed E-state index contributed by atoms with van der Waals surface area (Å²) in [7, 11) is 0. The Bertz CT molecular complexity index is 764. The lowest BCUT2D eigenvalue weighted by molar-refractivity contribution is 0.629. The third kappa shape index (κ3) is 2.31. The van der Waals surface area contributed by atoms with Gasteiger partial charge in [0.2, 0.25) is 0 Å². The van der Waals surface area contributed by atoms with E-state index < -0.39 is 0 Å². The number of fused-ring (bicyclic) bond motifs is 1. The summed E-state index contributed by atoms with van der Waals surface area (Å²) >= 11 is 4.33. The fourth-order valence-corrected chi connectivity index (χ4v) is 2.65. The Morgan fingerprint density at radius 3 is 2.75 bits per heavy atom. The second-order valence-electron chi connectivity index (χ2n) is 4.83. The molecule has 0 bridgehead atoms. The van der Waals surface area contributed by atoms with Crippen molar-refractivity contribution in [2.75, 3.05) is 0 Å². The standard InChI is InChI=1S/C16H15FN2S/c1-11-4-2-3-5-12(11)9-19-15-7-6-13(17)8-14(15)18-16(19)10-20/h2-8,20H,9-10H2,1H3.